The predicted molar refractivity (Wildman–Crippen MR) is 75.6 cm³/mol. The van der Waals surface area contributed by atoms with Crippen LogP contribution >= 0.6 is 11.6 Å². The number of aromatic amines is 1. The number of hydrogen-bond acceptors (Lipinski definition) is 3. The van der Waals surface area contributed by atoms with Gasteiger partial charge in [0.05, 0.1) is 17.9 Å². The molecule has 0 radical (unpaired) electrons. The van der Waals surface area contributed by atoms with Crippen molar-refractivity contribution in [2.45, 2.75) is 25.3 Å². The fraction of sp³-hybridized carbons (Fsp3) is 0.286. The normalized spacial score (nSPS) is 17.8. The molecule has 0 fully saturated rings. The Hall–Kier alpha value is -1.81. The van der Waals surface area contributed by atoms with Gasteiger partial charge in [-0.25, -0.2) is 4.98 Å². The quantitative estimate of drug-likeness (QED) is 0.829. The van der Waals surface area contributed by atoms with Gasteiger partial charge in [-0.2, -0.15) is 0 Å². The lowest BCUT2D eigenvalue weighted by Crippen LogP contribution is -2.21. The highest BCUT2D eigenvalue weighted by molar-refractivity contribution is 6.29. The molecule has 3 rings (SSSR count). The van der Waals surface area contributed by atoms with E-state index < -0.39 is 0 Å². The average molecular weight is 276 g/mol. The number of hydrogen-bond donors (Lipinski definition) is 2. The maximum absolute atomic E-state index is 11.3. The number of aromatic nitrogens is 2. The summed E-state index contributed by atoms with van der Waals surface area (Å²) in [6.45, 7) is 0. The van der Waals surface area contributed by atoms with Crippen LogP contribution in [0.4, 0.5) is 5.69 Å². The van der Waals surface area contributed by atoms with E-state index in [1.807, 2.05) is 12.1 Å². The van der Waals surface area contributed by atoms with Crippen molar-refractivity contribution in [3.63, 3.8) is 0 Å². The molecule has 19 heavy (non-hydrogen) atoms. The molecule has 2 aromatic heterocycles. The highest BCUT2D eigenvalue weighted by Gasteiger charge is 2.20. The molecule has 2 heterocycles. The number of nitrogens with one attached hydrogen (secondary N) is 2. The van der Waals surface area contributed by atoms with Crippen molar-refractivity contribution in [2.75, 3.05) is 5.32 Å². The summed E-state index contributed by atoms with van der Waals surface area (Å²) in [6, 6.07) is 7.38. The van der Waals surface area contributed by atoms with Crippen molar-refractivity contribution in [1.29, 1.82) is 0 Å². The second-order valence-electron chi connectivity index (χ2n) is 4.72. The molecule has 1 atom stereocenters. The molecule has 2 aromatic rings. The molecular formula is C14H14ClN3O. The van der Waals surface area contributed by atoms with E-state index in [1.54, 1.807) is 18.3 Å². The summed E-state index contributed by atoms with van der Waals surface area (Å²) in [7, 11) is 0. The second kappa shape index (κ2) is 5.05. The third-order valence-corrected chi connectivity index (χ3v) is 3.62. The zero-order chi connectivity index (χ0) is 13.2. The van der Waals surface area contributed by atoms with Crippen LogP contribution in [0.15, 0.2) is 35.3 Å². The standard InChI is InChI=1S/C14H14ClN3O/c15-13-6-4-9(8-16-13)17-11-2-1-3-12-10(11)5-7-14(19)18-12/h4-8,11,17H,1-3H2,(H,18,19). The van der Waals surface area contributed by atoms with E-state index >= 15 is 0 Å². The number of aryl methyl sites for hydroxylation is 1. The van der Waals surface area contributed by atoms with E-state index in [9.17, 15) is 4.79 Å². The van der Waals surface area contributed by atoms with Crippen LogP contribution in [0.1, 0.15) is 30.1 Å². The molecule has 0 bridgehead atoms. The van der Waals surface area contributed by atoms with Crippen LogP contribution in [0.2, 0.25) is 5.15 Å². The Morgan fingerprint density at radius 3 is 3.00 bits per heavy atom. The topological polar surface area (TPSA) is 57.8 Å². The summed E-state index contributed by atoms with van der Waals surface area (Å²) in [5, 5.41) is 3.93. The Labute approximate surface area is 115 Å². The summed E-state index contributed by atoms with van der Waals surface area (Å²) in [5.74, 6) is 0. The molecule has 1 aliphatic carbocycles. The highest BCUT2D eigenvalue weighted by Crippen LogP contribution is 2.30. The number of rotatable bonds is 2. The van der Waals surface area contributed by atoms with E-state index in [4.69, 9.17) is 11.6 Å². The maximum atomic E-state index is 11.3. The van der Waals surface area contributed by atoms with Crippen LogP contribution in [0, 0.1) is 0 Å². The van der Waals surface area contributed by atoms with Gasteiger partial charge in [-0.05, 0) is 43.0 Å². The van der Waals surface area contributed by atoms with Gasteiger partial charge in [-0.3, -0.25) is 4.79 Å². The molecular weight excluding hydrogens is 262 g/mol. The number of anilines is 1. The SMILES string of the molecule is O=c1ccc2c([nH]1)CCCC2Nc1ccc(Cl)nc1. The molecule has 5 heteroatoms. The lowest BCUT2D eigenvalue weighted by molar-refractivity contribution is 0.586. The first-order valence-corrected chi connectivity index (χ1v) is 6.70. The van der Waals surface area contributed by atoms with Gasteiger partial charge in [0.1, 0.15) is 5.15 Å². The largest absolute Gasteiger partial charge is 0.377 e. The van der Waals surface area contributed by atoms with Crippen molar-refractivity contribution >= 4 is 17.3 Å². The van der Waals surface area contributed by atoms with E-state index in [0.29, 0.717) is 5.15 Å². The third kappa shape index (κ3) is 2.63. The molecule has 98 valence electrons. The first-order chi connectivity index (χ1) is 9.22. The van der Waals surface area contributed by atoms with Gasteiger partial charge in [0.25, 0.3) is 0 Å². The lowest BCUT2D eigenvalue weighted by atomic mass is 9.91. The van der Waals surface area contributed by atoms with Gasteiger partial charge < -0.3 is 10.3 Å². The van der Waals surface area contributed by atoms with Gasteiger partial charge in [0.15, 0.2) is 0 Å². The molecule has 0 aliphatic heterocycles. The summed E-state index contributed by atoms with van der Waals surface area (Å²) in [5.41, 5.74) is 3.11. The fourth-order valence-electron chi connectivity index (χ4n) is 2.51. The first-order valence-electron chi connectivity index (χ1n) is 6.32. The van der Waals surface area contributed by atoms with Crippen LogP contribution in [-0.2, 0) is 6.42 Å². The van der Waals surface area contributed by atoms with Crippen molar-refractivity contribution in [3.05, 3.63) is 57.2 Å². The van der Waals surface area contributed by atoms with E-state index in [0.717, 1.165) is 30.6 Å². The van der Waals surface area contributed by atoms with Crippen molar-refractivity contribution in [2.24, 2.45) is 0 Å². The summed E-state index contributed by atoms with van der Waals surface area (Å²) < 4.78 is 0. The Morgan fingerprint density at radius 2 is 2.21 bits per heavy atom. The Bertz CT molecular complexity index is 636. The first kappa shape index (κ1) is 12.2. The molecule has 1 aliphatic rings. The third-order valence-electron chi connectivity index (χ3n) is 3.40. The minimum absolute atomic E-state index is 0.0347. The maximum Gasteiger partial charge on any atom is 0.248 e. The van der Waals surface area contributed by atoms with Crippen molar-refractivity contribution < 1.29 is 0 Å². The Kier molecular flexibility index (Phi) is 3.25. The Balaban J connectivity index is 1.87. The zero-order valence-corrected chi connectivity index (χ0v) is 11.1. The van der Waals surface area contributed by atoms with E-state index in [-0.39, 0.29) is 11.6 Å². The van der Waals surface area contributed by atoms with Gasteiger partial charge in [0, 0.05) is 11.8 Å². The Morgan fingerprint density at radius 1 is 1.32 bits per heavy atom. The van der Waals surface area contributed by atoms with Crippen molar-refractivity contribution in [3.8, 4) is 0 Å². The predicted octanol–water partition coefficient (Wildman–Crippen LogP) is 2.91. The van der Waals surface area contributed by atoms with Crippen LogP contribution in [-0.4, -0.2) is 9.97 Å². The van der Waals surface area contributed by atoms with Crippen LogP contribution in [0.25, 0.3) is 0 Å². The minimum atomic E-state index is -0.0347. The number of halogens is 1. The van der Waals surface area contributed by atoms with Gasteiger partial charge >= 0.3 is 0 Å². The van der Waals surface area contributed by atoms with Crippen LogP contribution in [0.3, 0.4) is 0 Å². The van der Waals surface area contributed by atoms with Crippen LogP contribution < -0.4 is 10.9 Å². The second-order valence-corrected chi connectivity index (χ2v) is 5.10. The minimum Gasteiger partial charge on any atom is -0.377 e. The molecule has 2 N–H and O–H groups in total. The lowest BCUT2D eigenvalue weighted by Gasteiger charge is -2.26. The molecule has 1 unspecified atom stereocenters. The van der Waals surface area contributed by atoms with Crippen LogP contribution in [0.5, 0.6) is 0 Å². The number of nitrogens with zero attached hydrogens (tertiary/aromatic N) is 1. The molecule has 0 saturated carbocycles. The summed E-state index contributed by atoms with van der Waals surface area (Å²) >= 11 is 5.77. The molecule has 4 nitrogen and oxygen atoms in total. The summed E-state index contributed by atoms with van der Waals surface area (Å²) in [4.78, 5) is 18.3. The van der Waals surface area contributed by atoms with E-state index in [2.05, 4.69) is 15.3 Å². The molecule has 0 aromatic carbocycles. The highest BCUT2D eigenvalue weighted by atomic mass is 35.5. The van der Waals surface area contributed by atoms with Gasteiger partial charge in [0.2, 0.25) is 5.56 Å². The average Bonchev–Trinajstić information content (AvgIpc) is 2.41. The number of H-pyrrole nitrogens is 1. The fourth-order valence-corrected chi connectivity index (χ4v) is 2.62. The molecule has 0 spiro atoms. The monoisotopic (exact) mass is 275 g/mol. The van der Waals surface area contributed by atoms with Crippen molar-refractivity contribution in [1.82, 2.24) is 9.97 Å². The molecule has 0 amide bonds. The van der Waals surface area contributed by atoms with Gasteiger partial charge in [-0.15, -0.1) is 0 Å². The smallest absolute Gasteiger partial charge is 0.248 e. The summed E-state index contributed by atoms with van der Waals surface area (Å²) in [6.07, 6.45) is 4.76. The number of pyridine rings is 2. The van der Waals surface area contributed by atoms with Gasteiger partial charge in [-0.1, -0.05) is 11.6 Å². The zero-order valence-electron chi connectivity index (χ0n) is 10.3. The van der Waals surface area contributed by atoms with E-state index in [1.165, 1.54) is 5.56 Å². The number of fused-ring (bicyclic) bond motifs is 1. The molecule has 0 saturated heterocycles.